The molecule has 6 aromatic heterocycles. The van der Waals surface area contributed by atoms with Crippen molar-refractivity contribution >= 4 is 39.3 Å². The Hall–Kier alpha value is -7.05. The summed E-state index contributed by atoms with van der Waals surface area (Å²) in [6.45, 7) is 0.727. The summed E-state index contributed by atoms with van der Waals surface area (Å²) in [7, 11) is 0. The van der Waals surface area contributed by atoms with Gasteiger partial charge in [-0.15, -0.1) is 0 Å². The van der Waals surface area contributed by atoms with Crippen LogP contribution in [0.5, 0.6) is 5.75 Å². The molecule has 8 aromatic rings. The summed E-state index contributed by atoms with van der Waals surface area (Å²) in [6.07, 6.45) is 10.3. The number of carbonyl (C=O) groups excluding carboxylic acids is 1. The van der Waals surface area contributed by atoms with Gasteiger partial charge in [-0.1, -0.05) is 30.3 Å². The molecule has 0 aliphatic rings. The summed E-state index contributed by atoms with van der Waals surface area (Å²) in [6, 6.07) is 38.1. The van der Waals surface area contributed by atoms with E-state index in [0.717, 1.165) is 50.3 Å². The zero-order valence-corrected chi connectivity index (χ0v) is 31.5. The maximum atomic E-state index is 11.8. The number of carbonyl (C=O) groups is 1. The summed E-state index contributed by atoms with van der Waals surface area (Å²) in [5.74, 6) is 0.178. The predicted octanol–water partition coefficient (Wildman–Crippen LogP) is 8.99. The van der Waals surface area contributed by atoms with Crippen molar-refractivity contribution in [2.75, 3.05) is 18.5 Å². The van der Waals surface area contributed by atoms with E-state index in [1.54, 1.807) is 37.2 Å². The number of benzene rings is 2. The SMILES string of the molecule is O=C(OCCCNc1cc2cccnc2c2ncccc12)Oc1ccc([N+](=O)[O-])cc1.[Ru].c1ccc(-c2ccccn2)nc1.c1ccc(-c2ccccn2)nc1. The van der Waals surface area contributed by atoms with Crippen LogP contribution in [0.2, 0.25) is 0 Å². The van der Waals surface area contributed by atoms with Gasteiger partial charge in [0.15, 0.2) is 0 Å². The third-order valence-corrected chi connectivity index (χ3v) is 7.75. The molecule has 280 valence electrons. The topological polar surface area (TPSA) is 168 Å². The average Bonchev–Trinajstić information content (AvgIpc) is 3.25. The van der Waals surface area contributed by atoms with Crippen LogP contribution in [0.25, 0.3) is 44.6 Å². The van der Waals surface area contributed by atoms with Gasteiger partial charge in [-0.25, -0.2) is 4.79 Å². The number of anilines is 1. The van der Waals surface area contributed by atoms with E-state index >= 15 is 0 Å². The molecular weight excluding hydrogens is 798 g/mol. The van der Waals surface area contributed by atoms with Crippen molar-refractivity contribution in [1.82, 2.24) is 29.9 Å². The molecule has 14 heteroatoms. The van der Waals surface area contributed by atoms with Gasteiger partial charge in [-0.2, -0.15) is 0 Å². The maximum absolute atomic E-state index is 11.8. The molecule has 13 nitrogen and oxygen atoms in total. The fourth-order valence-electron chi connectivity index (χ4n) is 5.19. The second-order valence-electron chi connectivity index (χ2n) is 11.5. The van der Waals surface area contributed by atoms with Crippen molar-refractivity contribution in [1.29, 1.82) is 0 Å². The zero-order chi connectivity index (χ0) is 38.1. The van der Waals surface area contributed by atoms with Gasteiger partial charge in [-0.05, 0) is 91.3 Å². The number of non-ortho nitro benzene ring substituents is 1. The number of pyridine rings is 6. The third kappa shape index (κ3) is 11.5. The molecule has 0 saturated heterocycles. The number of rotatable bonds is 9. The van der Waals surface area contributed by atoms with Crippen LogP contribution in [-0.4, -0.2) is 54.1 Å². The van der Waals surface area contributed by atoms with E-state index in [1.165, 1.54) is 24.3 Å². The third-order valence-electron chi connectivity index (χ3n) is 7.75. The molecule has 0 bridgehead atoms. The van der Waals surface area contributed by atoms with Crippen LogP contribution in [0.4, 0.5) is 16.2 Å². The van der Waals surface area contributed by atoms with Crippen LogP contribution >= 0.6 is 0 Å². The van der Waals surface area contributed by atoms with Gasteiger partial charge in [0.05, 0.1) is 45.3 Å². The molecule has 0 unspecified atom stereocenters. The number of nitrogens with one attached hydrogen (secondary N) is 1. The van der Waals surface area contributed by atoms with Crippen LogP contribution in [0.15, 0.2) is 165 Å². The van der Waals surface area contributed by atoms with E-state index < -0.39 is 11.1 Å². The Kier molecular flexibility index (Phi) is 15.1. The minimum Gasteiger partial charge on any atom is -0.434 e. The van der Waals surface area contributed by atoms with E-state index in [1.807, 2.05) is 103 Å². The Morgan fingerprint density at radius 3 is 1.61 bits per heavy atom. The number of nitrogens with zero attached hydrogens (tertiary/aromatic N) is 7. The van der Waals surface area contributed by atoms with Crippen molar-refractivity contribution < 1.29 is 38.7 Å². The summed E-state index contributed by atoms with van der Waals surface area (Å²) in [5, 5.41) is 15.9. The summed E-state index contributed by atoms with van der Waals surface area (Å²) in [5.41, 5.74) is 6.18. The quantitative estimate of drug-likeness (QED) is 0.0279. The molecule has 0 spiro atoms. The Labute approximate surface area is 334 Å². The molecule has 0 amide bonds. The van der Waals surface area contributed by atoms with E-state index in [0.29, 0.717) is 13.0 Å². The molecule has 56 heavy (non-hydrogen) atoms. The number of hydrogen-bond donors (Lipinski definition) is 1. The molecular formula is C42H34N8O5Ru. The number of nitro groups is 1. The van der Waals surface area contributed by atoms with Gasteiger partial charge in [0, 0.05) is 91.8 Å². The molecule has 0 saturated carbocycles. The summed E-state index contributed by atoms with van der Waals surface area (Å²) >= 11 is 0. The molecule has 0 radical (unpaired) electrons. The molecule has 6 heterocycles. The van der Waals surface area contributed by atoms with Gasteiger partial charge >= 0.3 is 6.16 Å². The van der Waals surface area contributed by atoms with Crippen molar-refractivity contribution in [3.05, 3.63) is 175 Å². The average molecular weight is 832 g/mol. The van der Waals surface area contributed by atoms with E-state index in [-0.39, 0.29) is 37.5 Å². The smallest absolute Gasteiger partial charge is 0.434 e. The first-order chi connectivity index (χ1) is 27.0. The molecule has 0 aliphatic heterocycles. The molecule has 0 fully saturated rings. The van der Waals surface area contributed by atoms with Crippen LogP contribution in [0.3, 0.4) is 0 Å². The van der Waals surface area contributed by atoms with Crippen molar-refractivity contribution in [3.63, 3.8) is 0 Å². The van der Waals surface area contributed by atoms with Crippen LogP contribution in [0.1, 0.15) is 6.42 Å². The van der Waals surface area contributed by atoms with Crippen LogP contribution in [-0.2, 0) is 24.2 Å². The normalized spacial score (nSPS) is 10.1. The number of hydrogen-bond acceptors (Lipinski definition) is 12. The Balaban J connectivity index is 0.000000195. The Morgan fingerprint density at radius 1 is 0.607 bits per heavy atom. The first-order valence-corrected chi connectivity index (χ1v) is 17.2. The minimum atomic E-state index is -0.861. The second-order valence-corrected chi connectivity index (χ2v) is 11.5. The Morgan fingerprint density at radius 2 is 1.11 bits per heavy atom. The largest absolute Gasteiger partial charge is 0.513 e. The van der Waals surface area contributed by atoms with Crippen LogP contribution < -0.4 is 10.1 Å². The molecule has 0 aliphatic carbocycles. The monoisotopic (exact) mass is 832 g/mol. The van der Waals surface area contributed by atoms with Crippen LogP contribution in [0, 0.1) is 10.1 Å². The maximum Gasteiger partial charge on any atom is 0.513 e. The Bertz CT molecular complexity index is 2280. The molecule has 1 N–H and O–H groups in total. The summed E-state index contributed by atoms with van der Waals surface area (Å²) in [4.78, 5) is 47.5. The van der Waals surface area contributed by atoms with Gasteiger partial charge < -0.3 is 14.8 Å². The molecule has 0 atom stereocenters. The van der Waals surface area contributed by atoms with Gasteiger partial charge in [0.1, 0.15) is 5.75 Å². The van der Waals surface area contributed by atoms with E-state index in [2.05, 4.69) is 35.2 Å². The summed E-state index contributed by atoms with van der Waals surface area (Å²) < 4.78 is 10.1. The van der Waals surface area contributed by atoms with Gasteiger partial charge in [0.25, 0.3) is 5.69 Å². The van der Waals surface area contributed by atoms with E-state index in [4.69, 9.17) is 9.47 Å². The van der Waals surface area contributed by atoms with Crippen molar-refractivity contribution in [2.24, 2.45) is 0 Å². The van der Waals surface area contributed by atoms with Gasteiger partial charge in [0.2, 0.25) is 0 Å². The number of fused-ring (bicyclic) bond motifs is 3. The fraction of sp³-hybridized carbons (Fsp3) is 0.0714. The van der Waals surface area contributed by atoms with Crippen molar-refractivity contribution in [3.8, 4) is 28.5 Å². The fourth-order valence-corrected chi connectivity index (χ4v) is 5.19. The van der Waals surface area contributed by atoms with E-state index in [9.17, 15) is 14.9 Å². The predicted molar refractivity (Wildman–Crippen MR) is 210 cm³/mol. The zero-order valence-electron chi connectivity index (χ0n) is 29.7. The second kappa shape index (κ2) is 21.0. The minimum absolute atomic E-state index is 0. The molecule has 2 aromatic carbocycles. The first-order valence-electron chi connectivity index (χ1n) is 17.2. The van der Waals surface area contributed by atoms with Crippen molar-refractivity contribution in [2.45, 2.75) is 6.42 Å². The standard InChI is InChI=1S/C22H18N4O5.2C10H8N2.Ru/c27-22(31-17-8-6-16(7-9-17)26(28)29)30-13-3-12-23-19-14-15-4-1-10-24-20(15)21-18(19)5-2-11-25-21;2*1-3-7-11-9(5-1)10-6-2-4-8-12-10;/h1-2,4-11,14,23H,3,12-13H2;2*1-8H;. The van der Waals surface area contributed by atoms with Gasteiger partial charge in [-0.3, -0.25) is 40.0 Å². The number of nitro benzene ring substituents is 1. The first kappa shape index (κ1) is 40.1. The molecule has 8 rings (SSSR count). The number of ether oxygens (including phenoxy) is 2. The number of aromatic nitrogens is 6.